The Labute approximate surface area is 134 Å². The Bertz CT molecular complexity index is 635. The number of rotatable bonds is 3. The van der Waals surface area contributed by atoms with E-state index in [0.717, 1.165) is 33.5 Å². The molecule has 1 aliphatic rings. The molecular formula is C17H22BrN3. The normalized spacial score (nSPS) is 16.3. The van der Waals surface area contributed by atoms with Gasteiger partial charge in [0.1, 0.15) is 0 Å². The highest BCUT2D eigenvalue weighted by Gasteiger charge is 2.17. The fourth-order valence-electron chi connectivity index (χ4n) is 3.36. The summed E-state index contributed by atoms with van der Waals surface area (Å²) in [6, 6.07) is 6.14. The van der Waals surface area contributed by atoms with Crippen molar-refractivity contribution in [1.29, 1.82) is 0 Å². The molecule has 0 atom stereocenters. The largest absolute Gasteiger partial charge is 0.398 e. The highest BCUT2D eigenvalue weighted by molar-refractivity contribution is 9.10. The summed E-state index contributed by atoms with van der Waals surface area (Å²) in [4.78, 5) is 6.93. The Hall–Kier alpha value is -1.29. The van der Waals surface area contributed by atoms with Crippen molar-refractivity contribution in [3.05, 3.63) is 28.9 Å². The third kappa shape index (κ3) is 3.15. The summed E-state index contributed by atoms with van der Waals surface area (Å²) in [5.41, 5.74) is 9.06. The highest BCUT2D eigenvalue weighted by Crippen LogP contribution is 2.32. The molecule has 0 spiro atoms. The minimum atomic E-state index is 0.786. The Balaban J connectivity index is 1.90. The molecule has 1 heterocycles. The van der Waals surface area contributed by atoms with E-state index in [1.54, 1.807) is 0 Å². The molecule has 112 valence electrons. The Morgan fingerprint density at radius 2 is 2.05 bits per heavy atom. The van der Waals surface area contributed by atoms with E-state index in [2.05, 4.69) is 45.0 Å². The second-order valence-corrected chi connectivity index (χ2v) is 7.02. The van der Waals surface area contributed by atoms with Gasteiger partial charge in [-0.25, -0.2) is 0 Å². The molecule has 0 unspecified atom stereocenters. The summed E-state index contributed by atoms with van der Waals surface area (Å²) in [7, 11) is 2.17. The smallest absolute Gasteiger partial charge is 0.0956 e. The van der Waals surface area contributed by atoms with E-state index in [1.165, 1.54) is 37.8 Å². The van der Waals surface area contributed by atoms with Gasteiger partial charge in [-0.05, 0) is 52.9 Å². The van der Waals surface area contributed by atoms with Gasteiger partial charge >= 0.3 is 0 Å². The van der Waals surface area contributed by atoms with Crippen LogP contribution in [-0.2, 0) is 0 Å². The number of hydrogen-bond acceptors (Lipinski definition) is 3. The van der Waals surface area contributed by atoms with Crippen LogP contribution in [0.5, 0.6) is 0 Å². The number of nitrogens with two attached hydrogens (primary N) is 1. The predicted molar refractivity (Wildman–Crippen MR) is 93.7 cm³/mol. The van der Waals surface area contributed by atoms with Crippen LogP contribution >= 0.6 is 15.9 Å². The van der Waals surface area contributed by atoms with Gasteiger partial charge < -0.3 is 10.6 Å². The lowest BCUT2D eigenvalue weighted by Gasteiger charge is -2.29. The number of anilines is 2. The summed E-state index contributed by atoms with van der Waals surface area (Å²) in [5.74, 6) is 0.812. The quantitative estimate of drug-likeness (QED) is 0.825. The van der Waals surface area contributed by atoms with Crippen LogP contribution in [-0.4, -0.2) is 18.6 Å². The van der Waals surface area contributed by atoms with E-state index in [9.17, 15) is 0 Å². The van der Waals surface area contributed by atoms with Gasteiger partial charge in [-0.2, -0.15) is 0 Å². The fraction of sp³-hybridized carbons (Fsp3) is 0.471. The van der Waals surface area contributed by atoms with E-state index >= 15 is 0 Å². The lowest BCUT2D eigenvalue weighted by molar-refractivity contribution is 0.362. The number of fused-ring (bicyclic) bond motifs is 1. The Morgan fingerprint density at radius 1 is 1.29 bits per heavy atom. The van der Waals surface area contributed by atoms with E-state index < -0.39 is 0 Å². The zero-order valence-electron chi connectivity index (χ0n) is 12.5. The van der Waals surface area contributed by atoms with Gasteiger partial charge in [0, 0.05) is 35.3 Å². The summed E-state index contributed by atoms with van der Waals surface area (Å²) in [5, 5.41) is 1.03. The average Bonchev–Trinajstić information content (AvgIpc) is 2.49. The minimum absolute atomic E-state index is 0.786. The molecule has 1 aliphatic carbocycles. The second kappa shape index (κ2) is 6.22. The predicted octanol–water partition coefficient (Wildman–Crippen LogP) is 4.60. The van der Waals surface area contributed by atoms with Gasteiger partial charge in [-0.15, -0.1) is 0 Å². The summed E-state index contributed by atoms with van der Waals surface area (Å²) in [6.45, 7) is 1.11. The van der Waals surface area contributed by atoms with Gasteiger partial charge in [0.05, 0.1) is 11.2 Å². The van der Waals surface area contributed by atoms with Crippen LogP contribution in [0.15, 0.2) is 28.9 Å². The number of nitrogen functional groups attached to an aromatic ring is 1. The molecule has 1 fully saturated rings. The molecule has 0 aliphatic heterocycles. The molecule has 1 saturated carbocycles. The summed E-state index contributed by atoms with van der Waals surface area (Å²) >= 11 is 3.48. The molecular weight excluding hydrogens is 326 g/mol. The molecule has 1 aromatic heterocycles. The maximum absolute atomic E-state index is 6.10. The molecule has 2 N–H and O–H groups in total. The van der Waals surface area contributed by atoms with Crippen LogP contribution < -0.4 is 10.6 Å². The number of hydrogen-bond donors (Lipinski definition) is 1. The second-order valence-electron chi connectivity index (χ2n) is 6.11. The fourth-order valence-corrected chi connectivity index (χ4v) is 3.70. The first-order valence-electron chi connectivity index (χ1n) is 7.70. The number of nitrogens with zero attached hydrogens (tertiary/aromatic N) is 2. The van der Waals surface area contributed by atoms with Gasteiger partial charge in [0.2, 0.25) is 0 Å². The monoisotopic (exact) mass is 347 g/mol. The average molecular weight is 348 g/mol. The topological polar surface area (TPSA) is 42.1 Å². The van der Waals surface area contributed by atoms with Gasteiger partial charge in [0.15, 0.2) is 0 Å². The van der Waals surface area contributed by atoms with Gasteiger partial charge in [-0.3, -0.25) is 4.98 Å². The minimum Gasteiger partial charge on any atom is -0.398 e. The molecule has 0 amide bonds. The van der Waals surface area contributed by atoms with Crippen LogP contribution in [0.25, 0.3) is 10.9 Å². The van der Waals surface area contributed by atoms with Crippen molar-refractivity contribution < 1.29 is 0 Å². The molecule has 0 radical (unpaired) electrons. The van der Waals surface area contributed by atoms with Crippen molar-refractivity contribution >= 4 is 38.2 Å². The SMILES string of the molecule is CN(CC1CCCCC1)c1ccc(N)c2cc(Br)cnc12. The highest BCUT2D eigenvalue weighted by atomic mass is 79.9. The number of benzene rings is 1. The van der Waals surface area contributed by atoms with Crippen molar-refractivity contribution in [3.63, 3.8) is 0 Å². The number of halogens is 1. The van der Waals surface area contributed by atoms with Crippen molar-refractivity contribution in [1.82, 2.24) is 4.98 Å². The Morgan fingerprint density at radius 3 is 2.81 bits per heavy atom. The van der Waals surface area contributed by atoms with Crippen LogP contribution in [0.3, 0.4) is 0 Å². The van der Waals surface area contributed by atoms with Crippen molar-refractivity contribution in [2.75, 3.05) is 24.2 Å². The van der Waals surface area contributed by atoms with Gasteiger partial charge in [0.25, 0.3) is 0 Å². The van der Waals surface area contributed by atoms with Crippen molar-refractivity contribution in [2.45, 2.75) is 32.1 Å². The lowest BCUT2D eigenvalue weighted by atomic mass is 9.89. The van der Waals surface area contributed by atoms with E-state index in [0.29, 0.717) is 0 Å². The molecule has 4 heteroatoms. The van der Waals surface area contributed by atoms with E-state index in [-0.39, 0.29) is 0 Å². The molecule has 1 aromatic carbocycles. The van der Waals surface area contributed by atoms with E-state index in [4.69, 9.17) is 5.73 Å². The third-order valence-electron chi connectivity index (χ3n) is 4.50. The summed E-state index contributed by atoms with van der Waals surface area (Å²) < 4.78 is 0.966. The molecule has 21 heavy (non-hydrogen) atoms. The van der Waals surface area contributed by atoms with Crippen LogP contribution in [0, 0.1) is 5.92 Å². The molecule has 2 aromatic rings. The van der Waals surface area contributed by atoms with Gasteiger partial charge in [-0.1, -0.05) is 19.3 Å². The molecule has 0 bridgehead atoms. The Kier molecular flexibility index (Phi) is 4.34. The van der Waals surface area contributed by atoms with Crippen molar-refractivity contribution in [2.24, 2.45) is 5.92 Å². The molecule has 3 rings (SSSR count). The standard InChI is InChI=1S/C17H22BrN3/c1-21(11-12-5-3-2-4-6-12)16-8-7-15(19)14-9-13(18)10-20-17(14)16/h7-10,12H,2-6,11,19H2,1H3. The summed E-state index contributed by atoms with van der Waals surface area (Å²) in [6.07, 6.45) is 8.73. The molecule has 0 saturated heterocycles. The van der Waals surface area contributed by atoms with E-state index in [1.807, 2.05) is 12.3 Å². The first-order valence-corrected chi connectivity index (χ1v) is 8.49. The maximum Gasteiger partial charge on any atom is 0.0956 e. The maximum atomic E-state index is 6.10. The molecule has 3 nitrogen and oxygen atoms in total. The first kappa shape index (κ1) is 14.6. The number of pyridine rings is 1. The van der Waals surface area contributed by atoms with Crippen LogP contribution in [0.1, 0.15) is 32.1 Å². The third-order valence-corrected chi connectivity index (χ3v) is 4.93. The first-order chi connectivity index (χ1) is 10.1. The lowest BCUT2D eigenvalue weighted by Crippen LogP contribution is -2.27. The zero-order chi connectivity index (χ0) is 14.8. The van der Waals surface area contributed by atoms with Crippen molar-refractivity contribution in [3.8, 4) is 0 Å². The van der Waals surface area contributed by atoms with Crippen LogP contribution in [0.2, 0.25) is 0 Å². The van der Waals surface area contributed by atoms with Crippen LogP contribution in [0.4, 0.5) is 11.4 Å². The number of aromatic nitrogens is 1. The zero-order valence-corrected chi connectivity index (χ0v) is 14.1.